The molecule has 5 heteroatoms. The summed E-state index contributed by atoms with van der Waals surface area (Å²) < 4.78 is 1.29. The Morgan fingerprint density at radius 2 is 2.38 bits per heavy atom. The summed E-state index contributed by atoms with van der Waals surface area (Å²) in [5.74, 6) is 0. The monoisotopic (exact) mass is 177 g/mol. The number of fused-ring (bicyclic) bond motifs is 1. The van der Waals surface area contributed by atoms with Crippen molar-refractivity contribution in [1.82, 2.24) is 9.71 Å². The molecule has 0 saturated carbocycles. The molecule has 0 bridgehead atoms. The van der Waals surface area contributed by atoms with Crippen molar-refractivity contribution < 1.29 is 4.43 Å². The third-order valence-corrected chi connectivity index (χ3v) is 1.82. The van der Waals surface area contributed by atoms with Gasteiger partial charge in [-0.25, -0.2) is 0 Å². The van der Waals surface area contributed by atoms with Gasteiger partial charge in [0.05, 0.1) is 5.69 Å². The molecule has 0 spiro atoms. The van der Waals surface area contributed by atoms with E-state index in [1.54, 1.807) is 19.1 Å². The summed E-state index contributed by atoms with van der Waals surface area (Å²) in [6.45, 7) is 1.58. The van der Waals surface area contributed by atoms with Crippen LogP contribution < -0.4 is 4.43 Å². The molecule has 0 aliphatic carbocycles. The van der Waals surface area contributed by atoms with E-state index in [4.69, 9.17) is 0 Å². The molecule has 2 heterocycles. The first-order valence-electron chi connectivity index (χ1n) is 3.77. The Morgan fingerprint density at radius 3 is 3.15 bits per heavy atom. The molecule has 0 radical (unpaired) electrons. The van der Waals surface area contributed by atoms with Crippen molar-refractivity contribution in [3.05, 3.63) is 40.3 Å². The fraction of sp³-hybridized carbons (Fsp3) is 0.125. The lowest BCUT2D eigenvalue weighted by Crippen LogP contribution is -2.19. The van der Waals surface area contributed by atoms with Crippen molar-refractivity contribution in [1.29, 1.82) is 0 Å². The van der Waals surface area contributed by atoms with E-state index < -0.39 is 0 Å². The number of nitrogens with zero attached hydrogens (tertiary/aromatic N) is 3. The number of aryl methyl sites for hydroxylation is 1. The van der Waals surface area contributed by atoms with Gasteiger partial charge < -0.3 is 9.94 Å². The van der Waals surface area contributed by atoms with E-state index in [-0.39, 0.29) is 11.2 Å². The summed E-state index contributed by atoms with van der Waals surface area (Å²) in [4.78, 5) is 15.1. The van der Waals surface area contributed by atoms with Crippen molar-refractivity contribution in [3.8, 4) is 0 Å². The molecule has 0 atom stereocenters. The Labute approximate surface area is 73.5 Å². The first-order chi connectivity index (χ1) is 6.20. The molecule has 2 aromatic heterocycles. The maximum absolute atomic E-state index is 11.4. The first-order valence-corrected chi connectivity index (χ1v) is 3.77. The third kappa shape index (κ3) is 1.05. The van der Waals surface area contributed by atoms with Crippen molar-refractivity contribution in [2.24, 2.45) is 0 Å². The second kappa shape index (κ2) is 2.55. The summed E-state index contributed by atoms with van der Waals surface area (Å²) in [5.41, 5.74) is 0.788. The van der Waals surface area contributed by atoms with Gasteiger partial charge in [0.25, 0.3) is 0 Å². The zero-order valence-corrected chi connectivity index (χ0v) is 6.97. The highest BCUT2D eigenvalue weighted by Crippen LogP contribution is 2.06. The molecule has 13 heavy (non-hydrogen) atoms. The highest BCUT2D eigenvalue weighted by Gasteiger charge is 2.08. The quantitative estimate of drug-likeness (QED) is 0.553. The van der Waals surface area contributed by atoms with E-state index in [0.29, 0.717) is 14.9 Å². The number of aromatic nitrogens is 3. The predicted molar refractivity (Wildman–Crippen MR) is 46.6 cm³/mol. The second-order valence-corrected chi connectivity index (χ2v) is 2.74. The lowest BCUT2D eigenvalue weighted by molar-refractivity contribution is -0.467. The largest absolute Gasteiger partial charge is 0.805 e. The Bertz CT molecular complexity index is 518. The van der Waals surface area contributed by atoms with Crippen molar-refractivity contribution in [2.75, 3.05) is 0 Å². The fourth-order valence-corrected chi connectivity index (χ4v) is 1.19. The smallest absolute Gasteiger partial charge is 0.389 e. The van der Waals surface area contributed by atoms with Crippen LogP contribution in [0.3, 0.4) is 0 Å². The Balaban J connectivity index is 3.06. The summed E-state index contributed by atoms with van der Waals surface area (Å²) in [5, 5.41) is 11.4. The molecular formula is C8H7N3O2. The molecule has 2 aromatic rings. The summed E-state index contributed by atoms with van der Waals surface area (Å²) in [6.07, 6.45) is 2.69. The van der Waals surface area contributed by atoms with Gasteiger partial charge in [0.1, 0.15) is 11.7 Å². The average Bonchev–Trinajstić information content (AvgIpc) is 2.15. The van der Waals surface area contributed by atoms with Crippen LogP contribution >= 0.6 is 0 Å². The van der Waals surface area contributed by atoms with Crippen LogP contribution in [0, 0.1) is 17.0 Å². The lowest BCUT2D eigenvalue weighted by Gasteiger charge is -2.13. The number of rotatable bonds is 0. The van der Waals surface area contributed by atoms with Gasteiger partial charge in [-0.2, -0.15) is 0 Å². The minimum absolute atomic E-state index is 0.142. The highest BCUT2D eigenvalue weighted by atomic mass is 16.5. The molecule has 0 saturated heterocycles. The van der Waals surface area contributed by atoms with E-state index in [0.717, 1.165) is 0 Å². The molecule has 0 N–H and O–H groups in total. The molecule has 0 fully saturated rings. The Hall–Kier alpha value is -1.91. The molecule has 0 aromatic carbocycles. The Morgan fingerprint density at radius 1 is 1.62 bits per heavy atom. The zero-order chi connectivity index (χ0) is 9.42. The van der Waals surface area contributed by atoms with Crippen molar-refractivity contribution in [3.63, 3.8) is 0 Å². The van der Waals surface area contributed by atoms with Crippen molar-refractivity contribution >= 4 is 11.2 Å². The van der Waals surface area contributed by atoms with Crippen LogP contribution in [0.15, 0.2) is 24.5 Å². The minimum Gasteiger partial charge on any atom is -0.805 e. The maximum Gasteiger partial charge on any atom is 0.389 e. The number of pyridine rings is 1. The van der Waals surface area contributed by atoms with Gasteiger partial charge in [-0.05, 0) is 24.0 Å². The average molecular weight is 177 g/mol. The standard InChI is InChI=1S/C8H7N3O2/c1-6-5-10(12)8-7(11(6)13)3-2-4-9-8/h2-5H,1H3. The molecule has 5 nitrogen and oxygen atoms in total. The summed E-state index contributed by atoms with van der Waals surface area (Å²) >= 11 is 0. The van der Waals surface area contributed by atoms with Crippen LogP contribution in [0.2, 0.25) is 0 Å². The normalized spacial score (nSPS) is 10.5. The van der Waals surface area contributed by atoms with E-state index in [1.165, 1.54) is 12.4 Å². The number of hydrogen-bond acceptors (Lipinski definition) is 3. The van der Waals surface area contributed by atoms with Gasteiger partial charge in [0, 0.05) is 4.43 Å². The van der Waals surface area contributed by atoms with E-state index >= 15 is 0 Å². The maximum atomic E-state index is 11.4. The van der Waals surface area contributed by atoms with Gasteiger partial charge >= 0.3 is 5.65 Å². The topological polar surface area (TPSA) is 63.8 Å². The fourth-order valence-electron chi connectivity index (χ4n) is 1.19. The summed E-state index contributed by atoms with van der Waals surface area (Å²) in [6, 6.07) is 3.19. The van der Waals surface area contributed by atoms with E-state index in [1.807, 2.05) is 0 Å². The van der Waals surface area contributed by atoms with Gasteiger partial charge in [0.15, 0.2) is 6.20 Å². The molecule has 0 aliphatic heterocycles. The second-order valence-electron chi connectivity index (χ2n) is 2.74. The van der Waals surface area contributed by atoms with Crippen molar-refractivity contribution in [2.45, 2.75) is 6.92 Å². The first kappa shape index (κ1) is 7.72. The minimum atomic E-state index is 0.142. The molecule has 66 valence electrons. The molecule has 2 rings (SSSR count). The van der Waals surface area contributed by atoms with Crippen LogP contribution in [0.1, 0.15) is 5.69 Å². The molecular weight excluding hydrogens is 170 g/mol. The lowest BCUT2D eigenvalue weighted by atomic mass is 10.4. The third-order valence-electron chi connectivity index (χ3n) is 1.82. The predicted octanol–water partition coefficient (Wildman–Crippen LogP) is 0.605. The molecule has 0 aliphatic rings. The molecule has 0 amide bonds. The van der Waals surface area contributed by atoms with Gasteiger partial charge in [-0.1, -0.05) is 4.91 Å². The summed E-state index contributed by atoms with van der Waals surface area (Å²) in [7, 11) is 0. The highest BCUT2D eigenvalue weighted by molar-refractivity contribution is 5.67. The van der Waals surface area contributed by atoms with Gasteiger partial charge in [-0.15, -0.1) is 0 Å². The van der Waals surface area contributed by atoms with Crippen LogP contribution in [0.4, 0.5) is 0 Å². The molecule has 0 unspecified atom stereocenters. The van der Waals surface area contributed by atoms with E-state index in [2.05, 4.69) is 4.98 Å². The van der Waals surface area contributed by atoms with Crippen LogP contribution in [0.5, 0.6) is 0 Å². The Kier molecular flexibility index (Phi) is 1.51. The van der Waals surface area contributed by atoms with Crippen LogP contribution in [0.25, 0.3) is 11.2 Å². The number of hydrogen-bond donors (Lipinski definition) is 0. The van der Waals surface area contributed by atoms with Crippen LogP contribution in [-0.4, -0.2) is 9.71 Å². The SMILES string of the molecule is Cc1c[n+](=O)c2ncccc2n1[O-]. The van der Waals surface area contributed by atoms with E-state index in [9.17, 15) is 10.1 Å². The van der Waals surface area contributed by atoms with Crippen LogP contribution in [-0.2, 0) is 0 Å². The van der Waals surface area contributed by atoms with Gasteiger partial charge in [0.2, 0.25) is 0 Å². The zero-order valence-electron chi connectivity index (χ0n) is 6.97. The van der Waals surface area contributed by atoms with Gasteiger partial charge in [-0.3, -0.25) is 0 Å².